The maximum Gasteiger partial charge on any atom is 0.165 e. The summed E-state index contributed by atoms with van der Waals surface area (Å²) in [4.78, 5) is 20.1. The second kappa shape index (κ2) is 7.10. The number of Topliss-reactive ketones (excluding diaryl/α,β-unsaturated/α-hetero) is 1. The highest BCUT2D eigenvalue weighted by Crippen LogP contribution is 2.37. The Hall–Kier alpha value is -3.47. The number of hydrogen-bond acceptors (Lipinski definition) is 4. The number of rotatable bonds is 3. The van der Waals surface area contributed by atoms with Crippen molar-refractivity contribution in [3.63, 3.8) is 0 Å². The van der Waals surface area contributed by atoms with E-state index in [1.54, 1.807) is 0 Å². The van der Waals surface area contributed by atoms with Crippen LogP contribution in [0.15, 0.2) is 54.6 Å². The molecule has 5 heteroatoms. The van der Waals surface area contributed by atoms with Crippen LogP contribution in [0.3, 0.4) is 0 Å². The Balaban J connectivity index is 1.82. The Morgan fingerprint density at radius 1 is 0.967 bits per heavy atom. The zero-order valence-corrected chi connectivity index (χ0v) is 17.5. The van der Waals surface area contributed by atoms with Gasteiger partial charge in [0.2, 0.25) is 0 Å². The first-order chi connectivity index (χ1) is 14.5. The predicted octanol–water partition coefficient (Wildman–Crippen LogP) is 4.98. The van der Waals surface area contributed by atoms with Gasteiger partial charge in [0.05, 0.1) is 17.1 Å². The molecule has 1 aliphatic carbocycles. The van der Waals surface area contributed by atoms with Crippen LogP contribution in [-0.4, -0.2) is 34.6 Å². The van der Waals surface area contributed by atoms with E-state index in [1.807, 2.05) is 56.0 Å². The van der Waals surface area contributed by atoms with Crippen molar-refractivity contribution in [2.75, 3.05) is 19.0 Å². The number of carbonyl (C=O) groups is 1. The van der Waals surface area contributed by atoms with Crippen LogP contribution in [0.4, 0.5) is 5.69 Å². The van der Waals surface area contributed by atoms with E-state index in [-0.39, 0.29) is 5.78 Å². The average Bonchev–Trinajstić information content (AvgIpc) is 3.10. The molecule has 4 aromatic rings. The number of para-hydroxylation sites is 1. The van der Waals surface area contributed by atoms with Crippen LogP contribution in [0.25, 0.3) is 28.0 Å². The van der Waals surface area contributed by atoms with E-state index in [1.165, 1.54) is 0 Å². The van der Waals surface area contributed by atoms with E-state index < -0.39 is 0 Å². The van der Waals surface area contributed by atoms with Gasteiger partial charge in [0.1, 0.15) is 0 Å². The van der Waals surface area contributed by atoms with E-state index in [2.05, 4.69) is 29.2 Å². The topological polar surface area (TPSA) is 51.0 Å². The number of ketones is 1. The summed E-state index contributed by atoms with van der Waals surface area (Å²) >= 11 is 0. The van der Waals surface area contributed by atoms with Gasteiger partial charge in [-0.3, -0.25) is 4.79 Å². The zero-order chi connectivity index (χ0) is 20.8. The van der Waals surface area contributed by atoms with Crippen molar-refractivity contribution in [3.05, 3.63) is 71.4 Å². The number of pyridine rings is 1. The molecule has 30 heavy (non-hydrogen) atoms. The standard InChI is InChI=1S/C25H24N4O/c1-16-22-20-10-7-11-21(30)23(20)24(17-12-14-18(15-13-17)28(2)3)26-25(22)29(27-16)19-8-5-4-6-9-19/h4-6,8-9,12-15H,7,10-11H2,1-3H3. The molecule has 1 aliphatic rings. The second-order valence-corrected chi connectivity index (χ2v) is 8.06. The molecular weight excluding hydrogens is 372 g/mol. The minimum absolute atomic E-state index is 0.184. The molecule has 0 bridgehead atoms. The molecule has 2 aromatic carbocycles. The highest BCUT2D eigenvalue weighted by atomic mass is 16.1. The number of aromatic nitrogens is 3. The summed E-state index contributed by atoms with van der Waals surface area (Å²) in [7, 11) is 4.04. The molecule has 0 atom stereocenters. The molecule has 0 aliphatic heterocycles. The lowest BCUT2D eigenvalue weighted by Gasteiger charge is -2.20. The fourth-order valence-corrected chi connectivity index (χ4v) is 4.38. The summed E-state index contributed by atoms with van der Waals surface area (Å²) in [5.41, 5.74) is 7.44. The molecule has 0 saturated carbocycles. The van der Waals surface area contributed by atoms with Crippen molar-refractivity contribution in [1.29, 1.82) is 0 Å². The van der Waals surface area contributed by atoms with Crippen molar-refractivity contribution >= 4 is 22.5 Å². The van der Waals surface area contributed by atoms with Gasteiger partial charge >= 0.3 is 0 Å². The molecule has 150 valence electrons. The van der Waals surface area contributed by atoms with Crippen LogP contribution in [0.1, 0.15) is 34.5 Å². The molecule has 0 saturated heterocycles. The molecule has 2 aromatic heterocycles. The SMILES string of the molecule is Cc1nn(-c2ccccc2)c2nc(-c3ccc(N(C)C)cc3)c3c(c12)CCCC3=O. The largest absolute Gasteiger partial charge is 0.378 e. The van der Waals surface area contributed by atoms with Crippen LogP contribution in [0.5, 0.6) is 0 Å². The number of hydrogen-bond donors (Lipinski definition) is 0. The van der Waals surface area contributed by atoms with Gasteiger partial charge in [0.25, 0.3) is 0 Å². The van der Waals surface area contributed by atoms with Crippen molar-refractivity contribution in [2.24, 2.45) is 0 Å². The molecule has 0 radical (unpaired) electrons. The van der Waals surface area contributed by atoms with Crippen molar-refractivity contribution in [1.82, 2.24) is 14.8 Å². The maximum absolute atomic E-state index is 13.0. The first kappa shape index (κ1) is 18.6. The van der Waals surface area contributed by atoms with Gasteiger partial charge in [-0.25, -0.2) is 9.67 Å². The van der Waals surface area contributed by atoms with Crippen molar-refractivity contribution < 1.29 is 4.79 Å². The highest BCUT2D eigenvalue weighted by molar-refractivity contribution is 6.08. The second-order valence-electron chi connectivity index (χ2n) is 8.06. The van der Waals surface area contributed by atoms with Gasteiger partial charge in [0, 0.05) is 42.7 Å². The quantitative estimate of drug-likeness (QED) is 0.490. The van der Waals surface area contributed by atoms with Gasteiger partial charge in [-0.2, -0.15) is 5.10 Å². The predicted molar refractivity (Wildman–Crippen MR) is 121 cm³/mol. The number of benzene rings is 2. The minimum Gasteiger partial charge on any atom is -0.378 e. The Morgan fingerprint density at radius 2 is 1.70 bits per heavy atom. The molecule has 0 N–H and O–H groups in total. The third-order valence-electron chi connectivity index (χ3n) is 5.86. The summed E-state index contributed by atoms with van der Waals surface area (Å²) in [6.07, 6.45) is 2.33. The van der Waals surface area contributed by atoms with Gasteiger partial charge in [-0.1, -0.05) is 30.3 Å². The van der Waals surface area contributed by atoms with Crippen LogP contribution >= 0.6 is 0 Å². The van der Waals surface area contributed by atoms with Gasteiger partial charge in [-0.05, 0) is 49.6 Å². The Labute approximate surface area is 176 Å². The molecule has 5 rings (SSSR count). The molecule has 0 fully saturated rings. The maximum atomic E-state index is 13.0. The van der Waals surface area contributed by atoms with E-state index in [0.29, 0.717) is 6.42 Å². The molecule has 0 unspecified atom stereocenters. The van der Waals surface area contributed by atoms with Crippen molar-refractivity contribution in [2.45, 2.75) is 26.2 Å². The lowest BCUT2D eigenvalue weighted by atomic mass is 9.86. The number of aryl methyl sites for hydroxylation is 2. The number of fused-ring (bicyclic) bond motifs is 3. The molecule has 2 heterocycles. The highest BCUT2D eigenvalue weighted by Gasteiger charge is 2.28. The van der Waals surface area contributed by atoms with E-state index in [4.69, 9.17) is 10.1 Å². The van der Waals surface area contributed by atoms with Gasteiger partial charge < -0.3 is 4.90 Å². The molecule has 0 amide bonds. The molecular formula is C25H24N4O. The molecule has 0 spiro atoms. The van der Waals surface area contributed by atoms with Crippen LogP contribution in [0.2, 0.25) is 0 Å². The Morgan fingerprint density at radius 3 is 2.40 bits per heavy atom. The Bertz CT molecular complexity index is 1250. The first-order valence-corrected chi connectivity index (χ1v) is 10.3. The number of carbonyl (C=O) groups excluding carboxylic acids is 1. The average molecular weight is 396 g/mol. The van der Waals surface area contributed by atoms with Gasteiger partial charge in [0.15, 0.2) is 11.4 Å². The lowest BCUT2D eigenvalue weighted by molar-refractivity contribution is 0.0973. The minimum atomic E-state index is 0.184. The summed E-state index contributed by atoms with van der Waals surface area (Å²) in [6.45, 7) is 2.01. The summed E-state index contributed by atoms with van der Waals surface area (Å²) in [5, 5.41) is 5.83. The monoisotopic (exact) mass is 396 g/mol. The summed E-state index contributed by atoms with van der Waals surface area (Å²) in [6, 6.07) is 18.3. The third kappa shape index (κ3) is 2.89. The van der Waals surface area contributed by atoms with E-state index in [0.717, 1.165) is 63.3 Å². The van der Waals surface area contributed by atoms with E-state index in [9.17, 15) is 4.79 Å². The van der Waals surface area contributed by atoms with Crippen LogP contribution < -0.4 is 4.90 Å². The zero-order valence-electron chi connectivity index (χ0n) is 17.5. The fraction of sp³-hybridized carbons (Fsp3) is 0.240. The van der Waals surface area contributed by atoms with Crippen LogP contribution in [-0.2, 0) is 6.42 Å². The van der Waals surface area contributed by atoms with Crippen molar-refractivity contribution in [3.8, 4) is 16.9 Å². The lowest BCUT2D eigenvalue weighted by Crippen LogP contribution is -2.15. The fourth-order valence-electron chi connectivity index (χ4n) is 4.38. The Kier molecular flexibility index (Phi) is 4.39. The van der Waals surface area contributed by atoms with Crippen LogP contribution in [0, 0.1) is 6.92 Å². The smallest absolute Gasteiger partial charge is 0.165 e. The summed E-state index contributed by atoms with van der Waals surface area (Å²) < 4.78 is 1.90. The first-order valence-electron chi connectivity index (χ1n) is 10.3. The third-order valence-corrected chi connectivity index (χ3v) is 5.86. The summed E-state index contributed by atoms with van der Waals surface area (Å²) in [5.74, 6) is 0.184. The van der Waals surface area contributed by atoms with Gasteiger partial charge in [-0.15, -0.1) is 0 Å². The number of nitrogens with zero attached hydrogens (tertiary/aromatic N) is 4. The van der Waals surface area contributed by atoms with E-state index >= 15 is 0 Å². The normalized spacial score (nSPS) is 13.5. The number of anilines is 1. The molecule has 5 nitrogen and oxygen atoms in total.